The number of hydrogen-bond acceptors (Lipinski definition) is 29. The zero-order valence-electron chi connectivity index (χ0n) is 76.3. The number of nitrogens with zero attached hydrogens (tertiary/aromatic N) is 10. The van der Waals surface area contributed by atoms with Crippen molar-refractivity contribution < 1.29 is 108 Å². The number of aromatic nitrogens is 7. The van der Waals surface area contributed by atoms with E-state index in [2.05, 4.69) is 38.8 Å². The van der Waals surface area contributed by atoms with E-state index in [0.717, 1.165) is 66.8 Å². The first-order chi connectivity index (χ1) is 60.4. The normalized spacial score (nSPS) is 23.8. The second kappa shape index (κ2) is 43.2. The molecular formula is C95H116CoN13O19. The molecule has 16 bridgehead atoms. The van der Waals surface area contributed by atoms with Gasteiger partial charge in [-0.1, -0.05) is 65.1 Å². The quantitative estimate of drug-likeness (QED) is 0.0167. The van der Waals surface area contributed by atoms with Gasteiger partial charge in [-0.15, -0.1) is 5.10 Å². The number of carboxylic acids is 1. The molecule has 0 saturated carbocycles. The third kappa shape index (κ3) is 21.0. The van der Waals surface area contributed by atoms with Gasteiger partial charge >= 0.3 is 64.5 Å². The molecule has 0 spiro atoms. The number of hydrogen-bond donors (Lipinski definition) is 3. The molecular weight excluding hydrogens is 1690 g/mol. The van der Waals surface area contributed by atoms with Gasteiger partial charge < -0.3 is 91.5 Å². The van der Waals surface area contributed by atoms with E-state index >= 15 is 4.79 Å². The van der Waals surface area contributed by atoms with Crippen molar-refractivity contribution in [3.8, 4) is 0 Å². The van der Waals surface area contributed by atoms with E-state index in [1.54, 1.807) is 17.0 Å². The number of H-pyrrole nitrogens is 2. The minimum atomic E-state index is -1.46. The minimum absolute atomic E-state index is 0. The van der Waals surface area contributed by atoms with E-state index < -0.39 is 111 Å². The van der Waals surface area contributed by atoms with E-state index in [1.165, 1.54) is 42.7 Å². The van der Waals surface area contributed by atoms with Crippen LogP contribution in [0.2, 0.25) is 0 Å². The van der Waals surface area contributed by atoms with Crippen molar-refractivity contribution >= 4 is 121 Å². The van der Waals surface area contributed by atoms with Crippen molar-refractivity contribution in [1.29, 1.82) is 10.5 Å². The van der Waals surface area contributed by atoms with Crippen LogP contribution < -0.4 is 10.4 Å². The van der Waals surface area contributed by atoms with E-state index in [9.17, 15) is 43.5 Å². The molecule has 128 heavy (non-hydrogen) atoms. The molecule has 4 aromatic heterocycles. The topological polar surface area (TPSA) is 445 Å². The first-order valence-corrected chi connectivity index (χ1v) is 42.3. The van der Waals surface area contributed by atoms with Gasteiger partial charge in [0.1, 0.15) is 6.61 Å². The fourth-order valence-electron chi connectivity index (χ4n) is 19.5. The number of fused-ring (bicyclic) bond motifs is 14. The Morgan fingerprint density at radius 1 is 0.555 bits per heavy atom. The predicted molar refractivity (Wildman–Crippen MR) is 471 cm³/mol. The molecule has 684 valence electrons. The zero-order chi connectivity index (χ0) is 93.5. The van der Waals surface area contributed by atoms with Crippen LogP contribution in [0.1, 0.15) is 210 Å². The van der Waals surface area contributed by atoms with E-state index in [1.807, 2.05) is 120 Å². The number of aliphatic carboxylic acids is 1. The molecule has 11 rings (SSSR count). The Hall–Kier alpha value is -12.1. The Labute approximate surface area is 756 Å². The smallest absolute Gasteiger partial charge is 0.550 e. The van der Waals surface area contributed by atoms with Gasteiger partial charge in [0.05, 0.1) is 140 Å². The van der Waals surface area contributed by atoms with Gasteiger partial charge in [0.2, 0.25) is 0 Å². The van der Waals surface area contributed by atoms with Crippen molar-refractivity contribution in [2.75, 3.05) is 69.1 Å². The van der Waals surface area contributed by atoms with Crippen molar-refractivity contribution in [3.63, 3.8) is 0 Å². The number of ether oxygens (including phenoxy) is 9. The van der Waals surface area contributed by atoms with Crippen molar-refractivity contribution in [1.82, 2.24) is 40.2 Å². The summed E-state index contributed by atoms with van der Waals surface area (Å²) in [7, 11) is 7.77. The molecule has 0 radical (unpaired) electrons. The molecule has 4 aromatic rings. The maximum atomic E-state index is 15.0. The second-order valence-electron chi connectivity index (χ2n) is 34.3. The summed E-state index contributed by atoms with van der Waals surface area (Å²) in [6.45, 7) is 41.6. The number of aryl methyl sites for hydroxylation is 4. The van der Waals surface area contributed by atoms with Gasteiger partial charge in [0, 0.05) is 145 Å². The summed E-state index contributed by atoms with van der Waals surface area (Å²) in [5.74, 6) is -8.24. The van der Waals surface area contributed by atoms with Gasteiger partial charge in [-0.25, -0.2) is 14.6 Å². The van der Waals surface area contributed by atoms with Crippen LogP contribution in [0.25, 0.3) is 50.4 Å². The van der Waals surface area contributed by atoms with Crippen LogP contribution in [-0.4, -0.2) is 186 Å². The number of carboxylic acid groups (broad SMARTS) is 1. The maximum absolute atomic E-state index is 15.0. The van der Waals surface area contributed by atoms with Crippen molar-refractivity contribution in [2.24, 2.45) is 60.3 Å². The summed E-state index contributed by atoms with van der Waals surface area (Å²) in [4.78, 5) is 157. The Kier molecular flexibility index (Phi) is 34.2. The fourth-order valence-corrected chi connectivity index (χ4v) is 19.5. The Balaban J connectivity index is 0.00000399. The summed E-state index contributed by atoms with van der Waals surface area (Å²) in [6, 6.07) is 6.93. The number of allylic oxidation sites excluding steroid dienone is 11. The third-order valence-electron chi connectivity index (χ3n) is 26.9. The third-order valence-corrected chi connectivity index (χ3v) is 26.9. The molecule has 9 atom stereocenters. The summed E-state index contributed by atoms with van der Waals surface area (Å²) in [5.41, 5.74) is 11.4. The number of carbonyl (C=O) groups excluding carboxylic acids is 9. The number of aromatic amines is 2. The Morgan fingerprint density at radius 2 is 1.12 bits per heavy atom. The average molecular weight is 1800 g/mol. The molecule has 33 heteroatoms. The average Bonchev–Trinajstić information content (AvgIpc) is 1.52. The largest absolute Gasteiger partial charge is 3.00 e. The predicted octanol–water partition coefficient (Wildman–Crippen LogP) is 12.6. The molecule has 3 N–H and O–H groups in total. The molecule has 1 saturated heterocycles. The number of methoxy groups -OCH3 is 6. The van der Waals surface area contributed by atoms with Gasteiger partial charge in [-0.3, -0.25) is 53.3 Å². The summed E-state index contributed by atoms with van der Waals surface area (Å²) >= 11 is 0. The van der Waals surface area contributed by atoms with E-state index in [0.29, 0.717) is 99.5 Å². The minimum Gasteiger partial charge on any atom is -0.550 e. The summed E-state index contributed by atoms with van der Waals surface area (Å²) in [5, 5.41) is 37.0. The van der Waals surface area contributed by atoms with Crippen LogP contribution in [0.15, 0.2) is 99.0 Å². The first-order valence-electron chi connectivity index (χ1n) is 42.3. The number of carbonyl (C=O) groups is 9. The summed E-state index contributed by atoms with van der Waals surface area (Å²) < 4.78 is 51.6. The van der Waals surface area contributed by atoms with E-state index in [-0.39, 0.29) is 127 Å². The molecule has 1 unspecified atom stereocenters. The van der Waals surface area contributed by atoms with Gasteiger partial charge in [0.25, 0.3) is 0 Å². The zero-order valence-corrected chi connectivity index (χ0v) is 77.4. The molecule has 0 aliphatic carbocycles. The van der Waals surface area contributed by atoms with Crippen LogP contribution in [0.4, 0.5) is 0 Å². The molecule has 7 aliphatic heterocycles. The van der Waals surface area contributed by atoms with Gasteiger partial charge in [0.15, 0.2) is 0 Å². The van der Waals surface area contributed by atoms with Gasteiger partial charge in [-0.2, -0.15) is 0 Å². The Bertz CT molecular complexity index is 5510. The molecule has 32 nitrogen and oxygen atoms in total. The Morgan fingerprint density at radius 3 is 1.74 bits per heavy atom. The monoisotopic (exact) mass is 1800 g/mol. The standard InChI is InChI=1S/C93H117N11O19.2CN.Co/c1-21-57-50(3)65-41-66-52(5)59(25-30-75(105)106)71(96-66)44-72-60(53(6)68(97-72)43-70-58(22-2)51(4)67(95-70)42-69(57)94-65)26-31-79(110)123-39-38-121-37-35-104-49-56(102-103-104)24-23-36-122-83(114)47-90(11)61(27-32-76(107)115-15)73-45-74-89(9,10)62(28-33-77(108)116-16)84(99-74)54(7)87-91(12,46-81(112)119-19)64(40-80(111)118-18)88(100-87)93(14)92(13,48-82(113)120-20)63(29-34-78(109)117-17)85(101-93)55(8)86(90)98-73;2*1-2;/h21-22,41-45,49,61-64,88,94,97,100H,1-2,23-40,46-48H2,3-20H3,(H,105,106);;;/q;2*-1;+3/p-1/b65-41?,66-41?,67-42?,68-43?,69-42?,70-43?,71-44?,72-44?,74-45-,86-55-,87-54-;;;/t61-,62-,63-,64+,88?,90+,91-,92+,93+;;;/m1.../s1. The van der Waals surface area contributed by atoms with Gasteiger partial charge in [-0.05, 0) is 175 Å². The molecule has 11 heterocycles. The number of aliphatic imine (C=N–C) groups is 3. The fraction of sp³-hybridized carbons (Fsp3) is 0.516. The van der Waals surface area contributed by atoms with Crippen molar-refractivity contribution in [3.05, 3.63) is 148 Å². The van der Waals surface area contributed by atoms with Crippen LogP contribution in [0.3, 0.4) is 0 Å². The molecule has 7 aliphatic rings. The van der Waals surface area contributed by atoms with Crippen LogP contribution in [-0.2, 0) is 122 Å². The number of rotatable bonds is 35. The van der Waals surface area contributed by atoms with Crippen molar-refractivity contribution in [2.45, 2.75) is 204 Å². The first kappa shape index (κ1) is 101. The number of esters is 8. The van der Waals surface area contributed by atoms with Crippen LogP contribution >= 0.6 is 0 Å². The second-order valence-corrected chi connectivity index (χ2v) is 34.3. The maximum Gasteiger partial charge on any atom is 3.00 e. The van der Waals surface area contributed by atoms with Crippen LogP contribution in [0.5, 0.6) is 0 Å². The molecule has 1 fully saturated rings. The molecule has 0 amide bonds. The van der Waals surface area contributed by atoms with Crippen LogP contribution in [0, 0.1) is 82.8 Å². The number of nitrogens with one attached hydrogen (secondary N) is 3. The SMILES string of the molecule is C=CC1=C(C)c2cc3[nH]c(cc4nc(cc5[nH]c(cc1n2)c(C)c5CCC(=O)OCCOCCn1cc(CCCOC(=O)C[C@]2(C)/C5=C(\C)C6=N[C@@](C)(C7N/C(=C(/C)C8=N/C(=C\C(=N5)[C@H]2CCC(=O)OC)C(C)(C)[C@@H]8CCC(=O)OC)[C@](C)(CC(=O)OC)[C@H]7CC(=O)OC)[C@@](C)(CC(=O)OC)[C@@H]6CCC(=O)OC)nn1)C(CCC(=O)[O-])=C4C)c(C)c3C=C.[C-]#N.[C-]#N.[Co+3]. The summed E-state index contributed by atoms with van der Waals surface area (Å²) in [6.07, 6.45) is 7.58. The molecule has 0 aromatic carbocycles. The van der Waals surface area contributed by atoms with E-state index in [4.69, 9.17) is 91.2 Å².